The van der Waals surface area contributed by atoms with Crippen molar-refractivity contribution < 1.29 is 19.0 Å². The van der Waals surface area contributed by atoms with Crippen molar-refractivity contribution in [2.45, 2.75) is 20.0 Å². The van der Waals surface area contributed by atoms with Crippen molar-refractivity contribution in [1.82, 2.24) is 0 Å². The third-order valence-electron chi connectivity index (χ3n) is 3.17. The maximum absolute atomic E-state index is 11.9. The summed E-state index contributed by atoms with van der Waals surface area (Å²) < 4.78 is 16.0. The second-order valence-electron chi connectivity index (χ2n) is 4.92. The van der Waals surface area contributed by atoms with Crippen molar-refractivity contribution in [3.63, 3.8) is 0 Å². The van der Waals surface area contributed by atoms with E-state index in [-0.39, 0.29) is 25.2 Å². The van der Waals surface area contributed by atoms with E-state index in [0.29, 0.717) is 31.2 Å². The van der Waals surface area contributed by atoms with Crippen LogP contribution >= 0.6 is 0 Å². The van der Waals surface area contributed by atoms with Gasteiger partial charge in [-0.2, -0.15) is 0 Å². The normalized spacial score (nSPS) is 17.0. The highest BCUT2D eigenvalue weighted by molar-refractivity contribution is 5.82. The molecule has 0 aliphatic carbocycles. The molecule has 0 amide bonds. The predicted molar refractivity (Wildman–Crippen MR) is 80.6 cm³/mol. The van der Waals surface area contributed by atoms with Crippen molar-refractivity contribution in [3.8, 4) is 5.75 Å². The van der Waals surface area contributed by atoms with Crippen molar-refractivity contribution in [2.75, 3.05) is 43.5 Å². The molecule has 0 bridgehead atoms. The maximum atomic E-state index is 11.9. The largest absolute Gasteiger partial charge is 0.487 e. The second-order valence-corrected chi connectivity index (χ2v) is 4.92. The summed E-state index contributed by atoms with van der Waals surface area (Å²) in [5.74, 6) is 0.411. The summed E-state index contributed by atoms with van der Waals surface area (Å²) in [6.07, 6.45) is -0.00414. The summed E-state index contributed by atoms with van der Waals surface area (Å²) in [6.45, 7) is 5.91. The average molecular weight is 294 g/mol. The SMILES string of the molecule is CCOCCOC(=O)CN1CC(C)Oc2cccc(N)c21. The minimum atomic E-state index is -0.294. The zero-order valence-corrected chi connectivity index (χ0v) is 12.5. The quantitative estimate of drug-likeness (QED) is 0.486. The van der Waals surface area contributed by atoms with Gasteiger partial charge in [-0.05, 0) is 26.0 Å². The monoisotopic (exact) mass is 294 g/mol. The first-order valence-corrected chi connectivity index (χ1v) is 7.15. The molecule has 0 spiro atoms. The summed E-state index contributed by atoms with van der Waals surface area (Å²) >= 11 is 0. The number of benzene rings is 1. The minimum absolute atomic E-state index is 0.00414. The number of nitrogens with zero attached hydrogens (tertiary/aromatic N) is 1. The van der Waals surface area contributed by atoms with Crippen molar-refractivity contribution in [2.24, 2.45) is 0 Å². The lowest BCUT2D eigenvalue weighted by molar-refractivity contribution is -0.143. The molecule has 0 aromatic heterocycles. The van der Waals surface area contributed by atoms with Gasteiger partial charge in [0.2, 0.25) is 0 Å². The standard InChI is InChI=1S/C15H22N2O4/c1-3-19-7-8-20-14(18)10-17-9-11(2)21-13-6-4-5-12(16)15(13)17/h4-6,11H,3,7-10,16H2,1-2H3. The number of nitrogen functional groups attached to an aromatic ring is 1. The Labute approximate surface area is 124 Å². The van der Waals surface area contributed by atoms with Crippen LogP contribution in [0.3, 0.4) is 0 Å². The topological polar surface area (TPSA) is 74.0 Å². The third-order valence-corrected chi connectivity index (χ3v) is 3.17. The van der Waals surface area contributed by atoms with Gasteiger partial charge in [0, 0.05) is 6.61 Å². The molecule has 1 atom stereocenters. The molecule has 0 saturated heterocycles. The number of carbonyl (C=O) groups is 1. The van der Waals surface area contributed by atoms with E-state index in [0.717, 1.165) is 5.69 Å². The van der Waals surface area contributed by atoms with Crippen LogP contribution in [0.2, 0.25) is 0 Å². The Morgan fingerprint density at radius 1 is 1.48 bits per heavy atom. The molecule has 1 aliphatic rings. The summed E-state index contributed by atoms with van der Waals surface area (Å²) in [7, 11) is 0. The summed E-state index contributed by atoms with van der Waals surface area (Å²) in [5, 5.41) is 0. The Hall–Kier alpha value is -1.95. The van der Waals surface area contributed by atoms with Gasteiger partial charge in [-0.1, -0.05) is 6.07 Å². The van der Waals surface area contributed by atoms with E-state index in [4.69, 9.17) is 19.9 Å². The van der Waals surface area contributed by atoms with Crippen LogP contribution < -0.4 is 15.4 Å². The minimum Gasteiger partial charge on any atom is -0.487 e. The van der Waals surface area contributed by atoms with E-state index in [1.165, 1.54) is 0 Å². The maximum Gasteiger partial charge on any atom is 0.325 e. The number of para-hydroxylation sites is 1. The first kappa shape index (κ1) is 15.4. The third kappa shape index (κ3) is 4.01. The molecular weight excluding hydrogens is 272 g/mol. The Balaban J connectivity index is 1.99. The lowest BCUT2D eigenvalue weighted by Gasteiger charge is -2.35. The van der Waals surface area contributed by atoms with Crippen LogP contribution in [-0.4, -0.2) is 45.0 Å². The highest BCUT2D eigenvalue weighted by atomic mass is 16.6. The number of hydrogen-bond acceptors (Lipinski definition) is 6. The number of hydrogen-bond donors (Lipinski definition) is 1. The lowest BCUT2D eigenvalue weighted by atomic mass is 10.1. The number of esters is 1. The Morgan fingerprint density at radius 2 is 2.29 bits per heavy atom. The van der Waals surface area contributed by atoms with E-state index >= 15 is 0 Å². The van der Waals surface area contributed by atoms with E-state index in [9.17, 15) is 4.79 Å². The number of fused-ring (bicyclic) bond motifs is 1. The molecular formula is C15H22N2O4. The van der Waals surface area contributed by atoms with E-state index in [1.807, 2.05) is 30.9 Å². The molecule has 6 nitrogen and oxygen atoms in total. The van der Waals surface area contributed by atoms with Crippen LogP contribution in [0.15, 0.2) is 18.2 Å². The van der Waals surface area contributed by atoms with Crippen LogP contribution in [0, 0.1) is 0 Å². The Morgan fingerprint density at radius 3 is 3.05 bits per heavy atom. The lowest BCUT2D eigenvalue weighted by Crippen LogP contribution is -2.42. The zero-order chi connectivity index (χ0) is 15.2. The summed E-state index contributed by atoms with van der Waals surface area (Å²) in [4.78, 5) is 13.8. The molecule has 2 rings (SSSR count). The van der Waals surface area contributed by atoms with Crippen molar-refractivity contribution in [3.05, 3.63) is 18.2 Å². The fraction of sp³-hybridized carbons (Fsp3) is 0.533. The Bertz CT molecular complexity index is 493. The van der Waals surface area contributed by atoms with E-state index in [2.05, 4.69) is 0 Å². The van der Waals surface area contributed by atoms with E-state index < -0.39 is 0 Å². The molecule has 1 aromatic rings. The van der Waals surface area contributed by atoms with Gasteiger partial charge in [0.05, 0.1) is 18.8 Å². The van der Waals surface area contributed by atoms with Crippen molar-refractivity contribution >= 4 is 17.3 Å². The molecule has 1 heterocycles. The average Bonchev–Trinajstić information content (AvgIpc) is 2.43. The second kappa shape index (κ2) is 7.17. The predicted octanol–water partition coefficient (Wildman–Crippen LogP) is 1.44. The molecule has 0 fully saturated rings. The first-order chi connectivity index (χ1) is 10.1. The number of carbonyl (C=O) groups excluding carboxylic acids is 1. The van der Waals surface area contributed by atoms with Crippen LogP contribution in [0.25, 0.3) is 0 Å². The van der Waals surface area contributed by atoms with Crippen LogP contribution in [0.1, 0.15) is 13.8 Å². The molecule has 1 aromatic carbocycles. The fourth-order valence-electron chi connectivity index (χ4n) is 2.33. The van der Waals surface area contributed by atoms with Gasteiger partial charge in [0.1, 0.15) is 30.7 Å². The van der Waals surface area contributed by atoms with E-state index in [1.54, 1.807) is 6.07 Å². The van der Waals surface area contributed by atoms with Gasteiger partial charge in [-0.3, -0.25) is 4.79 Å². The number of rotatable bonds is 6. The molecule has 6 heteroatoms. The highest BCUT2D eigenvalue weighted by Gasteiger charge is 2.26. The molecule has 2 N–H and O–H groups in total. The first-order valence-electron chi connectivity index (χ1n) is 7.15. The van der Waals surface area contributed by atoms with Crippen LogP contribution in [0.5, 0.6) is 5.75 Å². The van der Waals surface area contributed by atoms with Gasteiger partial charge < -0.3 is 24.8 Å². The summed E-state index contributed by atoms with van der Waals surface area (Å²) in [6, 6.07) is 5.49. The molecule has 116 valence electrons. The van der Waals surface area contributed by atoms with Crippen LogP contribution in [0.4, 0.5) is 11.4 Å². The van der Waals surface area contributed by atoms with Crippen LogP contribution in [-0.2, 0) is 14.3 Å². The molecule has 21 heavy (non-hydrogen) atoms. The fourth-order valence-corrected chi connectivity index (χ4v) is 2.33. The van der Waals surface area contributed by atoms with Gasteiger partial charge in [0.15, 0.2) is 0 Å². The number of anilines is 2. The number of nitrogens with two attached hydrogens (primary N) is 1. The van der Waals surface area contributed by atoms with Gasteiger partial charge in [-0.15, -0.1) is 0 Å². The van der Waals surface area contributed by atoms with Gasteiger partial charge >= 0.3 is 5.97 Å². The Kier molecular flexibility index (Phi) is 5.27. The smallest absolute Gasteiger partial charge is 0.325 e. The number of ether oxygens (including phenoxy) is 3. The zero-order valence-electron chi connectivity index (χ0n) is 12.5. The molecule has 0 radical (unpaired) electrons. The summed E-state index contributed by atoms with van der Waals surface area (Å²) in [5.41, 5.74) is 7.36. The highest BCUT2D eigenvalue weighted by Crippen LogP contribution is 2.37. The van der Waals surface area contributed by atoms with Gasteiger partial charge in [-0.25, -0.2) is 0 Å². The van der Waals surface area contributed by atoms with Crippen molar-refractivity contribution in [1.29, 1.82) is 0 Å². The van der Waals surface area contributed by atoms with Gasteiger partial charge in [0.25, 0.3) is 0 Å². The molecule has 0 saturated carbocycles. The molecule has 1 aliphatic heterocycles. The molecule has 1 unspecified atom stereocenters.